The van der Waals surface area contributed by atoms with Crippen molar-refractivity contribution in [1.29, 1.82) is 0 Å². The number of para-hydroxylation sites is 2. The maximum atomic E-state index is 12.5. The number of amides is 1. The first-order valence-corrected chi connectivity index (χ1v) is 8.53. The molecule has 0 atom stereocenters. The van der Waals surface area contributed by atoms with Crippen molar-refractivity contribution < 1.29 is 9.21 Å². The summed E-state index contributed by atoms with van der Waals surface area (Å²) in [5, 5.41) is 2.92. The highest BCUT2D eigenvalue weighted by molar-refractivity contribution is 5.91. The molecule has 25 heavy (non-hydrogen) atoms. The number of hydrogen-bond donors (Lipinski definition) is 1. The number of rotatable bonds is 3. The first kappa shape index (κ1) is 15.6. The Morgan fingerprint density at radius 2 is 2.04 bits per heavy atom. The van der Waals surface area contributed by atoms with E-state index in [0.717, 1.165) is 42.6 Å². The number of hydrogen-bond acceptors (Lipinski definition) is 5. The van der Waals surface area contributed by atoms with Crippen LogP contribution in [0, 0.1) is 12.8 Å². The summed E-state index contributed by atoms with van der Waals surface area (Å²) in [6.07, 6.45) is 3.26. The van der Waals surface area contributed by atoms with Crippen LogP contribution in [0.4, 0.5) is 11.8 Å². The molecule has 0 radical (unpaired) electrons. The van der Waals surface area contributed by atoms with Gasteiger partial charge in [-0.3, -0.25) is 4.79 Å². The summed E-state index contributed by atoms with van der Waals surface area (Å²) in [6.45, 7) is 3.49. The number of piperidine rings is 1. The number of fused-ring (bicyclic) bond motifs is 1. The molecule has 0 unspecified atom stereocenters. The minimum absolute atomic E-state index is 0.0112. The van der Waals surface area contributed by atoms with E-state index < -0.39 is 0 Å². The van der Waals surface area contributed by atoms with Crippen molar-refractivity contribution in [2.45, 2.75) is 19.8 Å². The van der Waals surface area contributed by atoms with Crippen molar-refractivity contribution in [3.63, 3.8) is 0 Å². The van der Waals surface area contributed by atoms with E-state index in [2.05, 4.69) is 20.2 Å². The van der Waals surface area contributed by atoms with E-state index in [1.54, 1.807) is 6.20 Å². The van der Waals surface area contributed by atoms with Gasteiger partial charge in [-0.05, 0) is 49.6 Å². The summed E-state index contributed by atoms with van der Waals surface area (Å²) in [7, 11) is 0. The highest BCUT2D eigenvalue weighted by Gasteiger charge is 2.27. The predicted octanol–water partition coefficient (Wildman–Crippen LogP) is 3.39. The number of aryl methyl sites for hydroxylation is 1. The van der Waals surface area contributed by atoms with Gasteiger partial charge in [-0.15, -0.1) is 0 Å². The Morgan fingerprint density at radius 3 is 2.80 bits per heavy atom. The Kier molecular flexibility index (Phi) is 4.09. The number of oxazole rings is 1. The van der Waals surface area contributed by atoms with Crippen LogP contribution in [0.25, 0.3) is 11.1 Å². The van der Waals surface area contributed by atoms with Crippen LogP contribution in [-0.2, 0) is 4.79 Å². The molecule has 1 amide bonds. The van der Waals surface area contributed by atoms with E-state index in [4.69, 9.17) is 4.42 Å². The summed E-state index contributed by atoms with van der Waals surface area (Å²) < 4.78 is 5.82. The molecule has 3 heterocycles. The SMILES string of the molecule is Cc1ccnc(NC(=O)C2CCN(c3nc4ccccc4o3)CC2)c1. The zero-order valence-corrected chi connectivity index (χ0v) is 14.1. The minimum atomic E-state index is -0.0112. The molecule has 1 N–H and O–H groups in total. The van der Waals surface area contributed by atoms with Crippen LogP contribution in [0.3, 0.4) is 0 Å². The molecule has 0 aliphatic carbocycles. The molecule has 4 rings (SSSR count). The van der Waals surface area contributed by atoms with E-state index in [-0.39, 0.29) is 11.8 Å². The molecule has 1 aliphatic rings. The van der Waals surface area contributed by atoms with E-state index in [0.29, 0.717) is 11.8 Å². The lowest BCUT2D eigenvalue weighted by Gasteiger charge is -2.30. The molecule has 1 aromatic carbocycles. The summed E-state index contributed by atoms with van der Waals surface area (Å²) in [5.74, 6) is 0.643. The fraction of sp³-hybridized carbons (Fsp3) is 0.316. The molecule has 0 spiro atoms. The van der Waals surface area contributed by atoms with Gasteiger partial charge in [0.1, 0.15) is 11.3 Å². The molecule has 2 aromatic heterocycles. The third-order valence-electron chi connectivity index (χ3n) is 4.59. The number of pyridine rings is 1. The van der Waals surface area contributed by atoms with Crippen LogP contribution in [-0.4, -0.2) is 29.0 Å². The number of anilines is 2. The topological polar surface area (TPSA) is 71.3 Å². The monoisotopic (exact) mass is 336 g/mol. The summed E-state index contributed by atoms with van der Waals surface area (Å²) in [4.78, 5) is 23.3. The van der Waals surface area contributed by atoms with Gasteiger partial charge in [-0.25, -0.2) is 4.98 Å². The zero-order valence-electron chi connectivity index (χ0n) is 14.1. The van der Waals surface area contributed by atoms with E-state index in [9.17, 15) is 4.79 Å². The molecule has 0 saturated carbocycles. The molecular weight excluding hydrogens is 316 g/mol. The Bertz CT molecular complexity index is 864. The van der Waals surface area contributed by atoms with Crippen molar-refractivity contribution in [3.05, 3.63) is 48.2 Å². The van der Waals surface area contributed by atoms with Gasteiger partial charge in [0.15, 0.2) is 5.58 Å². The van der Waals surface area contributed by atoms with Gasteiger partial charge >= 0.3 is 0 Å². The van der Waals surface area contributed by atoms with Gasteiger partial charge in [0, 0.05) is 25.2 Å². The maximum absolute atomic E-state index is 12.5. The van der Waals surface area contributed by atoms with Crippen molar-refractivity contribution in [1.82, 2.24) is 9.97 Å². The molecule has 3 aromatic rings. The lowest BCUT2D eigenvalue weighted by atomic mass is 9.96. The second kappa shape index (κ2) is 6.55. The summed E-state index contributed by atoms with van der Waals surface area (Å²) in [6, 6.07) is 12.2. The van der Waals surface area contributed by atoms with Crippen molar-refractivity contribution in [3.8, 4) is 0 Å². The Morgan fingerprint density at radius 1 is 1.24 bits per heavy atom. The number of nitrogens with zero attached hydrogens (tertiary/aromatic N) is 3. The normalized spacial score (nSPS) is 15.5. The molecule has 0 bridgehead atoms. The average molecular weight is 336 g/mol. The second-order valence-corrected chi connectivity index (χ2v) is 6.43. The summed E-state index contributed by atoms with van der Waals surface area (Å²) in [5.41, 5.74) is 2.74. The molecular formula is C19H20N4O2. The molecule has 1 fully saturated rings. The smallest absolute Gasteiger partial charge is 0.298 e. The number of aromatic nitrogens is 2. The van der Waals surface area contributed by atoms with Gasteiger partial charge in [0.2, 0.25) is 5.91 Å². The van der Waals surface area contributed by atoms with Gasteiger partial charge < -0.3 is 14.6 Å². The van der Waals surface area contributed by atoms with Crippen molar-refractivity contribution in [2.75, 3.05) is 23.3 Å². The van der Waals surface area contributed by atoms with Crippen LogP contribution in [0.1, 0.15) is 18.4 Å². The van der Waals surface area contributed by atoms with Crippen molar-refractivity contribution in [2.24, 2.45) is 5.92 Å². The number of carbonyl (C=O) groups excluding carboxylic acids is 1. The third-order valence-corrected chi connectivity index (χ3v) is 4.59. The van der Waals surface area contributed by atoms with Crippen LogP contribution in [0.2, 0.25) is 0 Å². The highest BCUT2D eigenvalue weighted by atomic mass is 16.4. The predicted molar refractivity (Wildman–Crippen MR) is 96.5 cm³/mol. The summed E-state index contributed by atoms with van der Waals surface area (Å²) >= 11 is 0. The first-order chi connectivity index (χ1) is 12.2. The van der Waals surface area contributed by atoms with Gasteiger partial charge in [0.25, 0.3) is 6.01 Å². The van der Waals surface area contributed by atoms with Gasteiger partial charge in [-0.1, -0.05) is 12.1 Å². The molecule has 128 valence electrons. The fourth-order valence-electron chi connectivity index (χ4n) is 3.16. The second-order valence-electron chi connectivity index (χ2n) is 6.43. The number of benzene rings is 1. The van der Waals surface area contributed by atoms with E-state index >= 15 is 0 Å². The van der Waals surface area contributed by atoms with Gasteiger partial charge in [-0.2, -0.15) is 4.98 Å². The standard InChI is InChI=1S/C19H20N4O2/c1-13-6-9-20-17(12-13)22-18(24)14-7-10-23(11-8-14)19-21-15-4-2-3-5-16(15)25-19/h2-6,9,12,14H,7-8,10-11H2,1H3,(H,20,22,24). The quantitative estimate of drug-likeness (QED) is 0.794. The highest BCUT2D eigenvalue weighted by Crippen LogP contribution is 2.26. The molecule has 1 aliphatic heterocycles. The van der Waals surface area contributed by atoms with Crippen LogP contribution in [0.15, 0.2) is 47.0 Å². The number of nitrogens with one attached hydrogen (secondary N) is 1. The third kappa shape index (κ3) is 3.33. The molecule has 6 nitrogen and oxygen atoms in total. The van der Waals surface area contributed by atoms with Crippen LogP contribution < -0.4 is 10.2 Å². The average Bonchev–Trinajstić information content (AvgIpc) is 3.06. The van der Waals surface area contributed by atoms with Crippen molar-refractivity contribution >= 4 is 28.8 Å². The zero-order chi connectivity index (χ0) is 17.2. The lowest BCUT2D eigenvalue weighted by molar-refractivity contribution is -0.120. The molecule has 6 heteroatoms. The minimum Gasteiger partial charge on any atom is -0.423 e. The van der Waals surface area contributed by atoms with E-state index in [1.165, 1.54) is 0 Å². The van der Waals surface area contributed by atoms with Gasteiger partial charge in [0.05, 0.1) is 0 Å². The Hall–Kier alpha value is -2.89. The lowest BCUT2D eigenvalue weighted by Crippen LogP contribution is -2.38. The first-order valence-electron chi connectivity index (χ1n) is 8.53. The Balaban J connectivity index is 1.38. The number of carbonyl (C=O) groups is 1. The maximum Gasteiger partial charge on any atom is 0.298 e. The largest absolute Gasteiger partial charge is 0.423 e. The van der Waals surface area contributed by atoms with E-state index in [1.807, 2.05) is 43.3 Å². The molecule has 1 saturated heterocycles. The van der Waals surface area contributed by atoms with Crippen LogP contribution in [0.5, 0.6) is 0 Å². The fourth-order valence-corrected chi connectivity index (χ4v) is 3.16. The Labute approximate surface area is 145 Å². The van der Waals surface area contributed by atoms with Crippen LogP contribution >= 0.6 is 0 Å².